The van der Waals surface area contributed by atoms with E-state index in [0.717, 1.165) is 6.42 Å². The molecule has 0 radical (unpaired) electrons. The minimum atomic E-state index is -0.127. The Labute approximate surface area is 125 Å². The first-order valence-corrected chi connectivity index (χ1v) is 8.22. The van der Waals surface area contributed by atoms with Gasteiger partial charge in [0, 0.05) is 30.5 Å². The third-order valence-electron chi connectivity index (χ3n) is 2.74. The normalized spacial score (nSPS) is 10.2. The van der Waals surface area contributed by atoms with Crippen molar-refractivity contribution in [2.45, 2.75) is 12.8 Å². The molecule has 0 aliphatic rings. The van der Waals surface area contributed by atoms with E-state index < -0.39 is 0 Å². The van der Waals surface area contributed by atoms with Crippen molar-refractivity contribution in [2.24, 2.45) is 0 Å². The van der Waals surface area contributed by atoms with E-state index in [1.165, 1.54) is 16.9 Å². The van der Waals surface area contributed by atoms with Crippen molar-refractivity contribution in [1.29, 1.82) is 0 Å². The first-order valence-electron chi connectivity index (χ1n) is 6.34. The fourth-order valence-electron chi connectivity index (χ4n) is 1.65. The summed E-state index contributed by atoms with van der Waals surface area (Å²) in [5.74, 6) is -0.164. The van der Waals surface area contributed by atoms with E-state index in [0.29, 0.717) is 25.1 Å². The van der Waals surface area contributed by atoms with Crippen LogP contribution in [0.3, 0.4) is 0 Å². The molecule has 4 nitrogen and oxygen atoms in total. The van der Waals surface area contributed by atoms with Crippen molar-refractivity contribution >= 4 is 34.5 Å². The van der Waals surface area contributed by atoms with E-state index >= 15 is 0 Å². The fraction of sp³-hybridized carbons (Fsp3) is 0.286. The van der Waals surface area contributed by atoms with Crippen molar-refractivity contribution < 1.29 is 9.59 Å². The Bertz CT molecular complexity index is 536. The van der Waals surface area contributed by atoms with Crippen molar-refractivity contribution in [3.63, 3.8) is 0 Å². The van der Waals surface area contributed by atoms with Crippen LogP contribution < -0.4 is 10.6 Å². The molecule has 0 bridgehead atoms. The largest absolute Gasteiger partial charge is 0.356 e. The van der Waals surface area contributed by atoms with Gasteiger partial charge in [0.05, 0.1) is 0 Å². The van der Waals surface area contributed by atoms with Crippen molar-refractivity contribution in [2.75, 3.05) is 13.1 Å². The first kappa shape index (κ1) is 14.7. The van der Waals surface area contributed by atoms with Gasteiger partial charge in [-0.1, -0.05) is 0 Å². The summed E-state index contributed by atoms with van der Waals surface area (Å²) in [5.41, 5.74) is 1.88. The standard InChI is InChI=1S/C14H16N2O2S2/c17-13(15-5-1-11-3-7-19-9-11)2-6-16-14(18)12-4-8-20-10-12/h3-4,7-10H,1-2,5-6H2,(H,15,17)(H,16,18). The van der Waals surface area contributed by atoms with Crippen LogP contribution >= 0.6 is 22.7 Å². The van der Waals surface area contributed by atoms with Crippen LogP contribution in [-0.2, 0) is 11.2 Å². The molecule has 2 amide bonds. The maximum atomic E-state index is 11.6. The van der Waals surface area contributed by atoms with Crippen molar-refractivity contribution in [1.82, 2.24) is 10.6 Å². The van der Waals surface area contributed by atoms with Crippen LogP contribution in [0, 0.1) is 0 Å². The maximum Gasteiger partial charge on any atom is 0.252 e. The average molecular weight is 308 g/mol. The third-order valence-corrected chi connectivity index (χ3v) is 4.15. The summed E-state index contributed by atoms with van der Waals surface area (Å²) in [5, 5.41) is 13.3. The summed E-state index contributed by atoms with van der Waals surface area (Å²) < 4.78 is 0. The average Bonchev–Trinajstić information content (AvgIpc) is 3.12. The molecule has 2 heterocycles. The number of nitrogens with one attached hydrogen (secondary N) is 2. The number of rotatable bonds is 7. The second kappa shape index (κ2) is 7.81. The Hall–Kier alpha value is -1.66. The molecule has 2 aromatic rings. The predicted molar refractivity (Wildman–Crippen MR) is 82.3 cm³/mol. The minimum absolute atomic E-state index is 0.0363. The Kier molecular flexibility index (Phi) is 5.76. The van der Waals surface area contributed by atoms with Crippen LogP contribution in [0.5, 0.6) is 0 Å². The molecule has 0 aliphatic carbocycles. The van der Waals surface area contributed by atoms with Gasteiger partial charge < -0.3 is 10.6 Å². The molecule has 0 unspecified atom stereocenters. The van der Waals surface area contributed by atoms with Gasteiger partial charge >= 0.3 is 0 Å². The number of hydrogen-bond donors (Lipinski definition) is 2. The van der Waals surface area contributed by atoms with Gasteiger partial charge in [-0.2, -0.15) is 22.7 Å². The van der Waals surface area contributed by atoms with Crippen molar-refractivity contribution in [3.05, 3.63) is 44.8 Å². The summed E-state index contributed by atoms with van der Waals surface area (Å²) >= 11 is 3.13. The molecule has 0 fully saturated rings. The fourth-order valence-corrected chi connectivity index (χ4v) is 2.99. The zero-order chi connectivity index (χ0) is 14.2. The zero-order valence-electron chi connectivity index (χ0n) is 10.9. The lowest BCUT2D eigenvalue weighted by Gasteiger charge is -2.05. The summed E-state index contributed by atoms with van der Waals surface area (Å²) in [6.45, 7) is 0.993. The number of hydrogen-bond acceptors (Lipinski definition) is 4. The van der Waals surface area contributed by atoms with Gasteiger partial charge in [0.25, 0.3) is 5.91 Å². The van der Waals surface area contributed by atoms with Gasteiger partial charge in [-0.05, 0) is 40.3 Å². The molecule has 20 heavy (non-hydrogen) atoms. The number of amides is 2. The molecular formula is C14H16N2O2S2. The van der Waals surface area contributed by atoms with Crippen LogP contribution in [0.15, 0.2) is 33.7 Å². The van der Waals surface area contributed by atoms with E-state index in [9.17, 15) is 9.59 Å². The maximum absolute atomic E-state index is 11.6. The van der Waals surface area contributed by atoms with E-state index in [1.54, 1.807) is 22.8 Å². The number of carbonyl (C=O) groups is 2. The first-order chi connectivity index (χ1) is 9.75. The monoisotopic (exact) mass is 308 g/mol. The Balaban J connectivity index is 1.57. The molecule has 0 spiro atoms. The van der Waals surface area contributed by atoms with Gasteiger partial charge in [-0.15, -0.1) is 0 Å². The van der Waals surface area contributed by atoms with Gasteiger partial charge in [-0.25, -0.2) is 0 Å². The highest BCUT2D eigenvalue weighted by Crippen LogP contribution is 2.06. The smallest absolute Gasteiger partial charge is 0.252 e. The van der Waals surface area contributed by atoms with Crippen LogP contribution in [0.4, 0.5) is 0 Å². The van der Waals surface area contributed by atoms with Gasteiger partial charge in [0.15, 0.2) is 0 Å². The second-order valence-corrected chi connectivity index (χ2v) is 5.81. The summed E-state index contributed by atoms with van der Waals surface area (Å²) in [6.07, 6.45) is 1.15. The van der Waals surface area contributed by atoms with Crippen LogP contribution in [0.25, 0.3) is 0 Å². The minimum Gasteiger partial charge on any atom is -0.356 e. The second-order valence-electron chi connectivity index (χ2n) is 4.25. The Morgan fingerprint density at radius 2 is 1.80 bits per heavy atom. The van der Waals surface area contributed by atoms with Gasteiger partial charge in [0.2, 0.25) is 5.91 Å². The van der Waals surface area contributed by atoms with E-state index in [-0.39, 0.29) is 11.8 Å². The zero-order valence-corrected chi connectivity index (χ0v) is 12.6. The quantitative estimate of drug-likeness (QED) is 0.824. The molecule has 2 aromatic heterocycles. The third kappa shape index (κ3) is 4.79. The molecule has 2 rings (SSSR count). The van der Waals surface area contributed by atoms with Gasteiger partial charge in [0.1, 0.15) is 0 Å². The van der Waals surface area contributed by atoms with Crippen molar-refractivity contribution in [3.8, 4) is 0 Å². The molecular weight excluding hydrogens is 292 g/mol. The topological polar surface area (TPSA) is 58.2 Å². The highest BCUT2D eigenvalue weighted by atomic mass is 32.1. The lowest BCUT2D eigenvalue weighted by atomic mass is 10.2. The molecule has 106 valence electrons. The van der Waals surface area contributed by atoms with Gasteiger partial charge in [-0.3, -0.25) is 9.59 Å². The van der Waals surface area contributed by atoms with E-state index in [4.69, 9.17) is 0 Å². The molecule has 6 heteroatoms. The molecule has 0 aromatic carbocycles. The van der Waals surface area contributed by atoms with Crippen LogP contribution in [0.2, 0.25) is 0 Å². The summed E-state index contributed by atoms with van der Waals surface area (Å²) in [6, 6.07) is 3.82. The lowest BCUT2D eigenvalue weighted by molar-refractivity contribution is -0.120. The van der Waals surface area contributed by atoms with E-state index in [2.05, 4.69) is 22.1 Å². The molecule has 0 saturated heterocycles. The SMILES string of the molecule is O=C(CCNC(=O)c1ccsc1)NCCc1ccsc1. The molecule has 0 atom stereocenters. The molecule has 0 aliphatic heterocycles. The molecule has 0 saturated carbocycles. The number of thiophene rings is 2. The predicted octanol–water partition coefficient (Wildman–Crippen LogP) is 2.29. The number of carbonyl (C=O) groups excluding carboxylic acids is 2. The summed E-state index contributed by atoms with van der Waals surface area (Å²) in [4.78, 5) is 23.2. The molecule has 2 N–H and O–H groups in total. The highest BCUT2D eigenvalue weighted by molar-refractivity contribution is 7.08. The lowest BCUT2D eigenvalue weighted by Crippen LogP contribution is -2.31. The van der Waals surface area contributed by atoms with E-state index in [1.807, 2.05) is 10.8 Å². The Morgan fingerprint density at radius 3 is 2.50 bits per heavy atom. The Morgan fingerprint density at radius 1 is 1.00 bits per heavy atom. The van der Waals surface area contributed by atoms with Crippen LogP contribution in [-0.4, -0.2) is 24.9 Å². The summed E-state index contributed by atoms with van der Waals surface area (Å²) in [7, 11) is 0. The van der Waals surface area contributed by atoms with Crippen LogP contribution in [0.1, 0.15) is 22.3 Å². The highest BCUT2D eigenvalue weighted by Gasteiger charge is 2.06.